The SMILES string of the molecule is CC/C=C\C/C=C\C/C=C\C/C=C\C/C=C\C/C=C\C/C=C\CCCCCCCCCCCC(=O)NC(COC1OC(CO)C(O)C(O)C1O)C(O)/C=C/CC/C=C/CC/C=C/CCCCCCCCCCCCCCCCCCCC. The smallest absolute Gasteiger partial charge is 0.220 e. The number of rotatable bonds is 57. The Hall–Kier alpha value is -3.41. The van der Waals surface area contributed by atoms with Crippen molar-refractivity contribution in [1.82, 2.24) is 5.32 Å². The quantitative estimate of drug-likeness (QED) is 0.0261. The van der Waals surface area contributed by atoms with Gasteiger partial charge in [0.1, 0.15) is 24.4 Å². The van der Waals surface area contributed by atoms with Crippen LogP contribution in [0.1, 0.15) is 277 Å². The molecule has 1 fully saturated rings. The minimum Gasteiger partial charge on any atom is -0.394 e. The van der Waals surface area contributed by atoms with E-state index >= 15 is 0 Å². The average molecular weight is 1140 g/mol. The minimum absolute atomic E-state index is 0.200. The van der Waals surface area contributed by atoms with E-state index in [1.165, 1.54) is 154 Å². The Kier molecular flexibility index (Phi) is 56.7. The van der Waals surface area contributed by atoms with Gasteiger partial charge in [0.2, 0.25) is 5.91 Å². The van der Waals surface area contributed by atoms with Crippen LogP contribution in [0.25, 0.3) is 0 Å². The van der Waals surface area contributed by atoms with Gasteiger partial charge in [0, 0.05) is 6.42 Å². The normalized spacial score (nSPS) is 19.1. The Morgan fingerprint density at radius 1 is 0.427 bits per heavy atom. The molecule has 0 saturated carbocycles. The van der Waals surface area contributed by atoms with Crippen LogP contribution in [0.5, 0.6) is 0 Å². The topological polar surface area (TPSA) is 149 Å². The zero-order valence-corrected chi connectivity index (χ0v) is 52.5. The molecular formula is C73H125NO8. The summed E-state index contributed by atoms with van der Waals surface area (Å²) < 4.78 is 11.3. The minimum atomic E-state index is -1.58. The summed E-state index contributed by atoms with van der Waals surface area (Å²) in [4.78, 5) is 13.1. The van der Waals surface area contributed by atoms with E-state index in [2.05, 4.69) is 129 Å². The van der Waals surface area contributed by atoms with Gasteiger partial charge in [-0.25, -0.2) is 0 Å². The molecule has 1 rings (SSSR count). The molecule has 0 aliphatic carbocycles. The number of aliphatic hydroxyl groups is 5. The highest BCUT2D eigenvalue weighted by molar-refractivity contribution is 5.76. The van der Waals surface area contributed by atoms with Crippen LogP contribution in [0, 0.1) is 0 Å². The van der Waals surface area contributed by atoms with Crippen LogP contribution in [-0.4, -0.2) is 87.5 Å². The third-order valence-corrected chi connectivity index (χ3v) is 15.2. The summed E-state index contributed by atoms with van der Waals surface area (Å²) in [7, 11) is 0. The Morgan fingerprint density at radius 2 is 0.768 bits per heavy atom. The zero-order valence-electron chi connectivity index (χ0n) is 52.5. The molecule has 7 unspecified atom stereocenters. The van der Waals surface area contributed by atoms with Crippen molar-refractivity contribution in [3.8, 4) is 0 Å². The second-order valence-corrected chi connectivity index (χ2v) is 22.9. The number of allylic oxidation sites excluding steroid dienone is 19. The fourth-order valence-corrected chi connectivity index (χ4v) is 9.99. The molecule has 470 valence electrons. The summed E-state index contributed by atoms with van der Waals surface area (Å²) in [5.74, 6) is -0.200. The Labute approximate surface area is 503 Å². The van der Waals surface area contributed by atoms with Crippen LogP contribution in [-0.2, 0) is 14.3 Å². The summed E-state index contributed by atoms with van der Waals surface area (Å²) in [5.41, 5.74) is 0. The lowest BCUT2D eigenvalue weighted by Crippen LogP contribution is -2.60. The van der Waals surface area contributed by atoms with Gasteiger partial charge < -0.3 is 40.3 Å². The maximum Gasteiger partial charge on any atom is 0.220 e. The summed E-state index contributed by atoms with van der Waals surface area (Å²) in [6, 6.07) is -0.842. The number of hydrogen-bond donors (Lipinski definition) is 6. The summed E-state index contributed by atoms with van der Waals surface area (Å²) in [6.07, 6.45) is 84.3. The van der Waals surface area contributed by atoms with Gasteiger partial charge in [0.25, 0.3) is 0 Å². The number of carbonyl (C=O) groups excluding carboxylic acids is 1. The number of ether oxygens (including phenoxy) is 2. The molecular weight excluding hydrogens is 1020 g/mol. The number of carbonyl (C=O) groups is 1. The Balaban J connectivity index is 2.22. The molecule has 1 amide bonds. The lowest BCUT2D eigenvalue weighted by molar-refractivity contribution is -0.302. The fourth-order valence-electron chi connectivity index (χ4n) is 9.99. The standard InChI is InChI=1S/C73H125NO8/c1-3-5-7-9-11-13-15-17-19-21-23-25-27-29-31-33-34-35-37-39-41-43-45-47-49-51-53-55-57-59-61-63-69(77)74-66(65-81-73-72(80)71(79)70(78)68(64-75)82-73)67(76)62-60-58-56-54-52-50-48-46-44-42-40-38-36-32-30-28-26-24-22-20-18-16-14-12-10-8-6-4-2/h5,7,11,13,17,19,23,25,29,31,34-35,39,41,44,46,52,54,60,62,66-68,70-73,75-76,78-80H,3-4,6,8-10,12,14-16,18,20-22,24,26-28,30,32-33,36-38,40,42-43,45,47-51,53,55-59,61,63-65H2,1-2H3,(H,74,77)/b7-5-,13-11-,19-17-,25-23-,31-29-,35-34-,41-39-,46-44+,54-52+,62-60+. The molecule has 1 aliphatic rings. The molecule has 0 bridgehead atoms. The van der Waals surface area contributed by atoms with E-state index in [-0.39, 0.29) is 12.5 Å². The molecule has 6 N–H and O–H groups in total. The van der Waals surface area contributed by atoms with E-state index in [0.29, 0.717) is 6.42 Å². The number of nitrogens with one attached hydrogen (secondary N) is 1. The molecule has 9 heteroatoms. The highest BCUT2D eigenvalue weighted by atomic mass is 16.7. The van der Waals surface area contributed by atoms with E-state index in [9.17, 15) is 30.3 Å². The lowest BCUT2D eigenvalue weighted by atomic mass is 9.99. The maximum atomic E-state index is 13.1. The molecule has 0 aromatic heterocycles. The summed E-state index contributed by atoms with van der Waals surface area (Å²) >= 11 is 0. The van der Waals surface area contributed by atoms with E-state index in [4.69, 9.17) is 9.47 Å². The molecule has 1 heterocycles. The molecule has 9 nitrogen and oxygen atoms in total. The zero-order chi connectivity index (χ0) is 59.3. The van der Waals surface area contributed by atoms with Gasteiger partial charge >= 0.3 is 0 Å². The van der Waals surface area contributed by atoms with Crippen molar-refractivity contribution in [3.63, 3.8) is 0 Å². The molecule has 1 saturated heterocycles. The van der Waals surface area contributed by atoms with E-state index in [1.807, 2.05) is 6.08 Å². The first kappa shape index (κ1) is 76.6. The molecule has 0 radical (unpaired) electrons. The van der Waals surface area contributed by atoms with Crippen LogP contribution in [0.15, 0.2) is 122 Å². The lowest BCUT2D eigenvalue weighted by Gasteiger charge is -2.40. The van der Waals surface area contributed by atoms with Crippen molar-refractivity contribution in [1.29, 1.82) is 0 Å². The van der Waals surface area contributed by atoms with E-state index in [0.717, 1.165) is 103 Å². The summed E-state index contributed by atoms with van der Waals surface area (Å²) in [6.45, 7) is 3.66. The van der Waals surface area contributed by atoms with E-state index < -0.39 is 49.5 Å². The van der Waals surface area contributed by atoms with Crippen molar-refractivity contribution in [2.24, 2.45) is 0 Å². The second kappa shape index (κ2) is 60.7. The molecule has 0 spiro atoms. The maximum absolute atomic E-state index is 13.1. The van der Waals surface area contributed by atoms with Crippen molar-refractivity contribution < 1.29 is 39.8 Å². The van der Waals surface area contributed by atoms with Gasteiger partial charge in [-0.2, -0.15) is 0 Å². The monoisotopic (exact) mass is 1140 g/mol. The van der Waals surface area contributed by atoms with Gasteiger partial charge in [-0.3, -0.25) is 4.79 Å². The van der Waals surface area contributed by atoms with Crippen LogP contribution in [0.3, 0.4) is 0 Å². The van der Waals surface area contributed by atoms with Crippen LogP contribution < -0.4 is 5.32 Å². The van der Waals surface area contributed by atoms with Gasteiger partial charge in [0.05, 0.1) is 25.4 Å². The van der Waals surface area contributed by atoms with Crippen molar-refractivity contribution in [3.05, 3.63) is 122 Å². The predicted molar refractivity (Wildman–Crippen MR) is 350 cm³/mol. The fraction of sp³-hybridized carbons (Fsp3) is 0.712. The first-order chi connectivity index (χ1) is 40.3. The van der Waals surface area contributed by atoms with Gasteiger partial charge in [-0.15, -0.1) is 0 Å². The number of amides is 1. The van der Waals surface area contributed by atoms with Crippen molar-refractivity contribution in [2.75, 3.05) is 13.2 Å². The molecule has 0 aromatic carbocycles. The number of unbranched alkanes of at least 4 members (excludes halogenated alkanes) is 29. The van der Waals surface area contributed by atoms with Crippen molar-refractivity contribution >= 4 is 5.91 Å². The largest absolute Gasteiger partial charge is 0.394 e. The van der Waals surface area contributed by atoms with E-state index in [1.54, 1.807) is 6.08 Å². The number of hydrogen-bond acceptors (Lipinski definition) is 8. The molecule has 1 aliphatic heterocycles. The molecule has 82 heavy (non-hydrogen) atoms. The van der Waals surface area contributed by atoms with Crippen molar-refractivity contribution in [2.45, 2.75) is 320 Å². The first-order valence-electron chi connectivity index (χ1n) is 33.8. The van der Waals surface area contributed by atoms with Gasteiger partial charge in [-0.05, 0) is 103 Å². The third-order valence-electron chi connectivity index (χ3n) is 15.2. The second-order valence-electron chi connectivity index (χ2n) is 22.9. The first-order valence-corrected chi connectivity index (χ1v) is 33.8. The average Bonchev–Trinajstić information content (AvgIpc) is 3.52. The Bertz CT molecular complexity index is 1710. The number of aliphatic hydroxyl groups excluding tert-OH is 5. The van der Waals surface area contributed by atoms with Crippen LogP contribution >= 0.6 is 0 Å². The van der Waals surface area contributed by atoms with Gasteiger partial charge in [-0.1, -0.05) is 289 Å². The third kappa shape index (κ3) is 48.9. The van der Waals surface area contributed by atoms with Crippen LogP contribution in [0.4, 0.5) is 0 Å². The molecule has 0 aromatic rings. The molecule has 7 atom stereocenters. The Morgan fingerprint density at radius 3 is 1.17 bits per heavy atom. The predicted octanol–water partition coefficient (Wildman–Crippen LogP) is 18.2. The van der Waals surface area contributed by atoms with Crippen LogP contribution in [0.2, 0.25) is 0 Å². The highest BCUT2D eigenvalue weighted by Crippen LogP contribution is 2.23. The van der Waals surface area contributed by atoms with Gasteiger partial charge in [0.15, 0.2) is 6.29 Å². The highest BCUT2D eigenvalue weighted by Gasteiger charge is 2.44. The summed E-state index contributed by atoms with van der Waals surface area (Å²) in [5, 5.41) is 54.7.